The van der Waals surface area contributed by atoms with Crippen LogP contribution in [-0.2, 0) is 4.79 Å². The van der Waals surface area contributed by atoms with Gasteiger partial charge < -0.3 is 10.6 Å². The number of anilines is 1. The molecule has 0 bridgehead atoms. The molecule has 0 fully saturated rings. The molecule has 0 saturated carbocycles. The molecule has 2 aromatic rings. The highest BCUT2D eigenvalue weighted by Crippen LogP contribution is 2.26. The van der Waals surface area contributed by atoms with Crippen LogP contribution < -0.4 is 10.6 Å². The highest BCUT2D eigenvalue weighted by molar-refractivity contribution is 6.79. The number of fused-ring (bicyclic) bond motifs is 1. The summed E-state index contributed by atoms with van der Waals surface area (Å²) in [6, 6.07) is 15.2. The van der Waals surface area contributed by atoms with Crippen molar-refractivity contribution in [1.82, 2.24) is 10.3 Å². The molecule has 1 amide bonds. The van der Waals surface area contributed by atoms with E-state index in [4.69, 9.17) is 0 Å². The minimum absolute atomic E-state index is 0.0110. The van der Waals surface area contributed by atoms with Gasteiger partial charge in [0.25, 0.3) is 0 Å². The summed E-state index contributed by atoms with van der Waals surface area (Å²) in [6.07, 6.45) is 2.92. The van der Waals surface area contributed by atoms with E-state index in [0.29, 0.717) is 6.54 Å². The van der Waals surface area contributed by atoms with E-state index in [2.05, 4.69) is 36.4 Å². The van der Waals surface area contributed by atoms with Gasteiger partial charge in [0.05, 0.1) is 25.8 Å². The molecule has 0 unspecified atom stereocenters. The van der Waals surface area contributed by atoms with Crippen LogP contribution in [0.4, 0.5) is 5.69 Å². The standard InChI is InChI=1S/C20H31N3OSi/c1-4-25(5-2,6-3)15-9-13-21-16-19(24)23-18-12-7-10-17-11-8-14-22-20(17)18/h7-8,10-12,14,21H,4-6,9,13,15-16H2,1-3H3,(H,23,24). The zero-order chi connectivity index (χ0) is 18.1. The fourth-order valence-electron chi connectivity index (χ4n) is 3.47. The number of hydrogen-bond acceptors (Lipinski definition) is 3. The Balaban J connectivity index is 1.77. The lowest BCUT2D eigenvalue weighted by Crippen LogP contribution is -2.33. The second-order valence-electron chi connectivity index (χ2n) is 6.77. The van der Waals surface area contributed by atoms with Crippen LogP contribution in [0.25, 0.3) is 10.9 Å². The third kappa shape index (κ3) is 5.38. The zero-order valence-corrected chi connectivity index (χ0v) is 16.8. The lowest BCUT2D eigenvalue weighted by Gasteiger charge is -2.28. The highest BCUT2D eigenvalue weighted by Gasteiger charge is 2.25. The quantitative estimate of drug-likeness (QED) is 0.480. The Hall–Kier alpha value is -1.72. The van der Waals surface area contributed by atoms with Gasteiger partial charge in [0.2, 0.25) is 5.91 Å². The van der Waals surface area contributed by atoms with Gasteiger partial charge in [0, 0.05) is 11.6 Å². The Kier molecular flexibility index (Phi) is 7.59. The van der Waals surface area contributed by atoms with Gasteiger partial charge in [-0.05, 0) is 25.1 Å². The molecule has 0 aliphatic carbocycles. The largest absolute Gasteiger partial charge is 0.323 e. The van der Waals surface area contributed by atoms with Gasteiger partial charge in [-0.15, -0.1) is 0 Å². The molecule has 1 heterocycles. The van der Waals surface area contributed by atoms with Crippen LogP contribution in [0.1, 0.15) is 27.2 Å². The molecule has 0 spiro atoms. The molecule has 25 heavy (non-hydrogen) atoms. The number of aromatic nitrogens is 1. The first kappa shape index (κ1) is 19.6. The third-order valence-corrected chi connectivity index (χ3v) is 11.4. The van der Waals surface area contributed by atoms with E-state index in [1.54, 1.807) is 6.20 Å². The first-order valence-electron chi connectivity index (χ1n) is 9.48. The summed E-state index contributed by atoms with van der Waals surface area (Å²) in [6.45, 7) is 8.30. The number of hydrogen-bond donors (Lipinski definition) is 2. The lowest BCUT2D eigenvalue weighted by atomic mass is 10.2. The van der Waals surface area contributed by atoms with Gasteiger partial charge in [-0.1, -0.05) is 63.1 Å². The second-order valence-corrected chi connectivity index (χ2v) is 12.4. The molecule has 2 rings (SSSR count). The molecule has 0 radical (unpaired) electrons. The summed E-state index contributed by atoms with van der Waals surface area (Å²) in [7, 11) is -1.03. The molecule has 1 aromatic heterocycles. The van der Waals surface area contributed by atoms with Crippen molar-refractivity contribution in [2.75, 3.05) is 18.4 Å². The Bertz CT molecular complexity index is 672. The predicted octanol–water partition coefficient (Wildman–Crippen LogP) is 4.66. The number of carbonyl (C=O) groups is 1. The number of rotatable bonds is 10. The zero-order valence-electron chi connectivity index (χ0n) is 15.8. The van der Waals surface area contributed by atoms with Gasteiger partial charge in [0.15, 0.2) is 0 Å². The van der Waals surface area contributed by atoms with E-state index in [-0.39, 0.29) is 5.91 Å². The fraction of sp³-hybridized carbons (Fsp3) is 0.500. The number of benzene rings is 1. The maximum atomic E-state index is 12.2. The topological polar surface area (TPSA) is 54.0 Å². The van der Waals surface area contributed by atoms with Crippen molar-refractivity contribution >= 4 is 30.6 Å². The Labute approximate surface area is 152 Å². The molecule has 136 valence electrons. The molecular weight excluding hydrogens is 326 g/mol. The lowest BCUT2D eigenvalue weighted by molar-refractivity contribution is -0.115. The maximum Gasteiger partial charge on any atom is 0.238 e. The smallest absolute Gasteiger partial charge is 0.238 e. The van der Waals surface area contributed by atoms with Crippen molar-refractivity contribution in [2.45, 2.75) is 51.4 Å². The minimum Gasteiger partial charge on any atom is -0.323 e. The Morgan fingerprint density at radius 1 is 1.08 bits per heavy atom. The van der Waals surface area contributed by atoms with E-state index in [1.807, 2.05) is 30.3 Å². The molecule has 0 aliphatic rings. The fourth-order valence-corrected chi connectivity index (χ4v) is 6.96. The summed E-state index contributed by atoms with van der Waals surface area (Å²) in [5.74, 6) is -0.0110. The van der Waals surface area contributed by atoms with Gasteiger partial charge in [-0.25, -0.2) is 0 Å². The van der Waals surface area contributed by atoms with E-state index in [1.165, 1.54) is 30.6 Å². The minimum atomic E-state index is -1.03. The van der Waals surface area contributed by atoms with Crippen molar-refractivity contribution in [3.8, 4) is 0 Å². The second kappa shape index (κ2) is 9.68. The molecule has 5 heteroatoms. The summed E-state index contributed by atoms with van der Waals surface area (Å²) in [5, 5.41) is 7.29. The number of carbonyl (C=O) groups excluding carboxylic acids is 1. The molecule has 0 saturated heterocycles. The van der Waals surface area contributed by atoms with Crippen LogP contribution in [0.2, 0.25) is 24.2 Å². The predicted molar refractivity (Wildman–Crippen MR) is 110 cm³/mol. The van der Waals surface area contributed by atoms with Crippen LogP contribution in [0.3, 0.4) is 0 Å². The van der Waals surface area contributed by atoms with Crippen LogP contribution in [-0.4, -0.2) is 32.1 Å². The van der Waals surface area contributed by atoms with E-state index in [0.717, 1.165) is 23.1 Å². The number of pyridine rings is 1. The summed E-state index contributed by atoms with van der Waals surface area (Å²) in [4.78, 5) is 16.6. The number of nitrogens with one attached hydrogen (secondary N) is 2. The van der Waals surface area contributed by atoms with Crippen LogP contribution >= 0.6 is 0 Å². The monoisotopic (exact) mass is 357 g/mol. The first-order valence-corrected chi connectivity index (χ1v) is 12.3. The van der Waals surface area contributed by atoms with Crippen LogP contribution in [0.15, 0.2) is 36.5 Å². The maximum absolute atomic E-state index is 12.2. The normalized spacial score (nSPS) is 11.6. The van der Waals surface area contributed by atoms with Gasteiger partial charge in [-0.3, -0.25) is 9.78 Å². The summed E-state index contributed by atoms with van der Waals surface area (Å²) >= 11 is 0. The summed E-state index contributed by atoms with van der Waals surface area (Å²) < 4.78 is 0. The van der Waals surface area contributed by atoms with Crippen molar-refractivity contribution < 1.29 is 4.79 Å². The molecule has 2 N–H and O–H groups in total. The van der Waals surface area contributed by atoms with Crippen LogP contribution in [0.5, 0.6) is 0 Å². The Morgan fingerprint density at radius 3 is 2.52 bits per heavy atom. The molecule has 0 atom stereocenters. The molecule has 4 nitrogen and oxygen atoms in total. The average molecular weight is 358 g/mol. The van der Waals surface area contributed by atoms with Gasteiger partial charge >= 0.3 is 0 Å². The van der Waals surface area contributed by atoms with Gasteiger partial charge in [0.1, 0.15) is 0 Å². The van der Waals surface area contributed by atoms with Crippen molar-refractivity contribution in [1.29, 1.82) is 0 Å². The highest BCUT2D eigenvalue weighted by atomic mass is 28.3. The van der Waals surface area contributed by atoms with E-state index < -0.39 is 8.07 Å². The van der Waals surface area contributed by atoms with E-state index in [9.17, 15) is 4.79 Å². The number of para-hydroxylation sites is 1. The molecule has 1 aromatic carbocycles. The molecule has 0 aliphatic heterocycles. The molecular formula is C20H31N3OSi. The first-order chi connectivity index (χ1) is 12.1. The van der Waals surface area contributed by atoms with Crippen molar-refractivity contribution in [3.05, 3.63) is 36.5 Å². The average Bonchev–Trinajstić information content (AvgIpc) is 2.65. The van der Waals surface area contributed by atoms with E-state index >= 15 is 0 Å². The number of nitrogens with zero attached hydrogens (tertiary/aromatic N) is 1. The van der Waals surface area contributed by atoms with Crippen molar-refractivity contribution in [3.63, 3.8) is 0 Å². The third-order valence-electron chi connectivity index (χ3n) is 5.50. The Morgan fingerprint density at radius 2 is 1.80 bits per heavy atom. The van der Waals surface area contributed by atoms with Crippen molar-refractivity contribution in [2.24, 2.45) is 0 Å². The van der Waals surface area contributed by atoms with Crippen LogP contribution in [0, 0.1) is 0 Å². The summed E-state index contributed by atoms with van der Waals surface area (Å²) in [5.41, 5.74) is 1.61. The SMILES string of the molecule is CC[Si](CC)(CC)CCCNCC(=O)Nc1cccc2cccnc12. The number of amides is 1. The van der Waals surface area contributed by atoms with Gasteiger partial charge in [-0.2, -0.15) is 0 Å².